The Morgan fingerprint density at radius 3 is 2.81 bits per heavy atom. The van der Waals surface area contributed by atoms with Crippen LogP contribution >= 0.6 is 11.3 Å². The van der Waals surface area contributed by atoms with Crippen molar-refractivity contribution in [3.8, 4) is 0 Å². The van der Waals surface area contributed by atoms with Crippen molar-refractivity contribution in [2.45, 2.75) is 51.3 Å². The molecule has 1 unspecified atom stereocenters. The number of hydrogen-bond donors (Lipinski definition) is 1. The van der Waals surface area contributed by atoms with Crippen LogP contribution in [0.4, 0.5) is 0 Å². The molecule has 0 saturated heterocycles. The van der Waals surface area contributed by atoms with Crippen molar-refractivity contribution in [1.29, 1.82) is 0 Å². The van der Waals surface area contributed by atoms with Gasteiger partial charge >= 0.3 is 0 Å². The van der Waals surface area contributed by atoms with E-state index in [-0.39, 0.29) is 0 Å². The van der Waals surface area contributed by atoms with E-state index < -0.39 is 5.60 Å². The third kappa shape index (κ3) is 3.30. The molecule has 0 bridgehead atoms. The third-order valence-corrected chi connectivity index (χ3v) is 4.17. The first kappa shape index (κ1) is 12.1. The molecule has 1 aromatic heterocycles. The van der Waals surface area contributed by atoms with E-state index >= 15 is 0 Å². The Balaban J connectivity index is 1.95. The van der Waals surface area contributed by atoms with Gasteiger partial charge in [-0.05, 0) is 37.6 Å². The van der Waals surface area contributed by atoms with Gasteiger partial charge in [0.15, 0.2) is 0 Å². The van der Waals surface area contributed by atoms with Gasteiger partial charge in [-0.15, -0.1) is 11.3 Å². The van der Waals surface area contributed by atoms with E-state index in [4.69, 9.17) is 0 Å². The normalized spacial score (nSPS) is 20.0. The lowest BCUT2D eigenvalue weighted by Gasteiger charge is -2.30. The number of aliphatic hydroxyl groups is 1. The molecule has 0 amide bonds. The Kier molecular flexibility index (Phi) is 3.67. The number of thiophene rings is 1. The van der Waals surface area contributed by atoms with Crippen LogP contribution in [0.1, 0.15) is 38.0 Å². The molecule has 16 heavy (non-hydrogen) atoms. The van der Waals surface area contributed by atoms with Crippen molar-refractivity contribution >= 4 is 11.3 Å². The van der Waals surface area contributed by atoms with Gasteiger partial charge in [-0.25, -0.2) is 0 Å². The molecule has 1 fully saturated rings. The van der Waals surface area contributed by atoms with Crippen LogP contribution in [0.3, 0.4) is 0 Å². The second-order valence-electron chi connectivity index (χ2n) is 5.07. The van der Waals surface area contributed by atoms with Crippen LogP contribution in [0, 0.1) is 0 Å². The lowest BCUT2D eigenvalue weighted by atomic mass is 10.0. The summed E-state index contributed by atoms with van der Waals surface area (Å²) in [5.74, 6) is 0. The minimum Gasteiger partial charge on any atom is -0.389 e. The Bertz CT molecular complexity index is 317. The standard InChI is InChI=1S/C13H21NOS/c1-3-13(2,15)10-14(11-6-7-11)9-12-5-4-8-16-12/h4-5,8,11,15H,3,6-7,9-10H2,1-2H3. The molecular weight excluding hydrogens is 218 g/mol. The summed E-state index contributed by atoms with van der Waals surface area (Å²) in [5, 5.41) is 12.3. The minimum atomic E-state index is -0.542. The Morgan fingerprint density at radius 2 is 2.31 bits per heavy atom. The highest BCUT2D eigenvalue weighted by molar-refractivity contribution is 7.09. The summed E-state index contributed by atoms with van der Waals surface area (Å²) in [6, 6.07) is 4.99. The summed E-state index contributed by atoms with van der Waals surface area (Å²) in [6.45, 7) is 5.79. The van der Waals surface area contributed by atoms with E-state index in [2.05, 4.69) is 29.3 Å². The predicted molar refractivity (Wildman–Crippen MR) is 68.7 cm³/mol. The Hall–Kier alpha value is -0.380. The maximum atomic E-state index is 10.2. The molecule has 0 radical (unpaired) electrons. The van der Waals surface area contributed by atoms with E-state index in [1.807, 2.05) is 6.92 Å². The zero-order valence-electron chi connectivity index (χ0n) is 10.1. The predicted octanol–water partition coefficient (Wildman–Crippen LogP) is 2.87. The SMILES string of the molecule is CCC(C)(O)CN(Cc1cccs1)C1CC1. The fourth-order valence-electron chi connectivity index (χ4n) is 1.91. The topological polar surface area (TPSA) is 23.5 Å². The Labute approximate surface area is 102 Å². The summed E-state index contributed by atoms with van der Waals surface area (Å²) in [4.78, 5) is 3.84. The lowest BCUT2D eigenvalue weighted by molar-refractivity contribution is 0.0115. The highest BCUT2D eigenvalue weighted by atomic mass is 32.1. The Morgan fingerprint density at radius 1 is 1.56 bits per heavy atom. The number of rotatable bonds is 6. The van der Waals surface area contributed by atoms with Gasteiger partial charge in [-0.1, -0.05) is 13.0 Å². The first-order valence-corrected chi connectivity index (χ1v) is 6.97. The maximum absolute atomic E-state index is 10.2. The summed E-state index contributed by atoms with van der Waals surface area (Å²) in [6.07, 6.45) is 3.41. The van der Waals surface area contributed by atoms with E-state index in [0.29, 0.717) is 6.04 Å². The van der Waals surface area contributed by atoms with Gasteiger partial charge < -0.3 is 5.11 Å². The molecule has 1 aromatic rings. The first-order valence-electron chi connectivity index (χ1n) is 6.09. The quantitative estimate of drug-likeness (QED) is 0.825. The second kappa shape index (κ2) is 4.86. The summed E-state index contributed by atoms with van der Waals surface area (Å²) in [7, 11) is 0. The van der Waals surface area contributed by atoms with Crippen LogP contribution in [-0.2, 0) is 6.54 Å². The fraction of sp³-hybridized carbons (Fsp3) is 0.692. The average molecular weight is 239 g/mol. The monoisotopic (exact) mass is 239 g/mol. The van der Waals surface area contributed by atoms with Crippen molar-refractivity contribution in [3.05, 3.63) is 22.4 Å². The molecule has 1 atom stereocenters. The molecule has 3 heteroatoms. The number of nitrogens with zero attached hydrogens (tertiary/aromatic N) is 1. The first-order chi connectivity index (χ1) is 7.61. The smallest absolute Gasteiger partial charge is 0.0743 e. The highest BCUT2D eigenvalue weighted by Crippen LogP contribution is 2.30. The molecule has 0 spiro atoms. The molecule has 1 saturated carbocycles. The largest absolute Gasteiger partial charge is 0.389 e. The zero-order chi connectivity index (χ0) is 11.6. The van der Waals surface area contributed by atoms with Crippen LogP contribution in [0.15, 0.2) is 17.5 Å². The van der Waals surface area contributed by atoms with Gasteiger partial charge in [0.25, 0.3) is 0 Å². The van der Waals surface area contributed by atoms with E-state index in [1.165, 1.54) is 17.7 Å². The molecule has 1 heterocycles. The zero-order valence-corrected chi connectivity index (χ0v) is 11.0. The highest BCUT2D eigenvalue weighted by Gasteiger charge is 2.33. The molecule has 0 aromatic carbocycles. The van der Waals surface area contributed by atoms with Crippen molar-refractivity contribution in [2.75, 3.05) is 6.54 Å². The molecule has 1 aliphatic rings. The summed E-state index contributed by atoms with van der Waals surface area (Å²) in [5.41, 5.74) is -0.542. The van der Waals surface area contributed by atoms with Crippen LogP contribution in [0.25, 0.3) is 0 Å². The van der Waals surface area contributed by atoms with Crippen LogP contribution in [-0.4, -0.2) is 28.2 Å². The fourth-order valence-corrected chi connectivity index (χ4v) is 2.64. The average Bonchev–Trinajstić information content (AvgIpc) is 2.97. The third-order valence-electron chi connectivity index (χ3n) is 3.31. The van der Waals surface area contributed by atoms with Crippen LogP contribution in [0.5, 0.6) is 0 Å². The molecule has 2 rings (SSSR count). The van der Waals surface area contributed by atoms with Gasteiger partial charge in [0, 0.05) is 24.0 Å². The minimum absolute atomic E-state index is 0.542. The molecule has 0 aliphatic heterocycles. The van der Waals surface area contributed by atoms with Crippen molar-refractivity contribution in [2.24, 2.45) is 0 Å². The van der Waals surface area contributed by atoms with E-state index in [0.717, 1.165) is 19.5 Å². The molecule has 1 aliphatic carbocycles. The van der Waals surface area contributed by atoms with Crippen molar-refractivity contribution in [1.82, 2.24) is 4.90 Å². The van der Waals surface area contributed by atoms with Crippen molar-refractivity contribution in [3.63, 3.8) is 0 Å². The summed E-state index contributed by atoms with van der Waals surface area (Å²) < 4.78 is 0. The maximum Gasteiger partial charge on any atom is 0.0743 e. The van der Waals surface area contributed by atoms with Gasteiger partial charge in [-0.3, -0.25) is 4.90 Å². The van der Waals surface area contributed by atoms with E-state index in [9.17, 15) is 5.11 Å². The summed E-state index contributed by atoms with van der Waals surface area (Å²) >= 11 is 1.81. The van der Waals surface area contributed by atoms with Gasteiger partial charge in [0.2, 0.25) is 0 Å². The molecule has 90 valence electrons. The van der Waals surface area contributed by atoms with Crippen LogP contribution in [0.2, 0.25) is 0 Å². The van der Waals surface area contributed by atoms with E-state index in [1.54, 1.807) is 11.3 Å². The van der Waals surface area contributed by atoms with Gasteiger partial charge in [0.05, 0.1) is 5.60 Å². The van der Waals surface area contributed by atoms with Gasteiger partial charge in [-0.2, -0.15) is 0 Å². The number of hydrogen-bond acceptors (Lipinski definition) is 3. The van der Waals surface area contributed by atoms with Crippen LogP contribution < -0.4 is 0 Å². The molecule has 1 N–H and O–H groups in total. The van der Waals surface area contributed by atoms with Gasteiger partial charge in [0.1, 0.15) is 0 Å². The lowest BCUT2D eigenvalue weighted by Crippen LogP contribution is -2.41. The molecular formula is C13H21NOS. The van der Waals surface area contributed by atoms with Crippen molar-refractivity contribution < 1.29 is 5.11 Å². The second-order valence-corrected chi connectivity index (χ2v) is 6.10. The molecule has 2 nitrogen and oxygen atoms in total.